The predicted molar refractivity (Wildman–Crippen MR) is 113 cm³/mol. The van der Waals surface area contributed by atoms with Gasteiger partial charge in [0, 0.05) is 28.2 Å². The Morgan fingerprint density at radius 1 is 1.07 bits per heavy atom. The van der Waals surface area contributed by atoms with Crippen molar-refractivity contribution in [3.8, 4) is 0 Å². The third kappa shape index (κ3) is 4.95. The van der Waals surface area contributed by atoms with Gasteiger partial charge in [-0.15, -0.1) is 0 Å². The number of halogens is 2. The van der Waals surface area contributed by atoms with E-state index in [2.05, 4.69) is 5.32 Å². The van der Waals surface area contributed by atoms with E-state index in [4.69, 9.17) is 23.2 Å². The van der Waals surface area contributed by atoms with Gasteiger partial charge in [0.25, 0.3) is 11.1 Å². The molecule has 8 heteroatoms. The van der Waals surface area contributed by atoms with Gasteiger partial charge in [-0.2, -0.15) is 0 Å². The number of imide groups is 1. The van der Waals surface area contributed by atoms with Crippen LogP contribution in [0.3, 0.4) is 0 Å². The molecule has 0 bridgehead atoms. The van der Waals surface area contributed by atoms with Crippen LogP contribution in [0.1, 0.15) is 18.9 Å². The first-order chi connectivity index (χ1) is 13.3. The molecule has 3 rings (SSSR count). The fourth-order valence-electron chi connectivity index (χ4n) is 2.68. The molecule has 1 atom stereocenters. The quantitative estimate of drug-likeness (QED) is 0.635. The average Bonchev–Trinajstić information content (AvgIpc) is 2.92. The van der Waals surface area contributed by atoms with Crippen molar-refractivity contribution in [2.45, 2.75) is 19.4 Å². The van der Waals surface area contributed by atoms with Gasteiger partial charge in [-0.3, -0.25) is 19.3 Å². The molecule has 2 aromatic carbocycles. The van der Waals surface area contributed by atoms with E-state index in [1.54, 1.807) is 61.5 Å². The Morgan fingerprint density at radius 3 is 2.25 bits per heavy atom. The van der Waals surface area contributed by atoms with Gasteiger partial charge < -0.3 is 5.32 Å². The zero-order valence-corrected chi connectivity index (χ0v) is 17.1. The van der Waals surface area contributed by atoms with Crippen LogP contribution in [0.25, 0.3) is 6.08 Å². The first kappa shape index (κ1) is 20.5. The second kappa shape index (κ2) is 8.82. The van der Waals surface area contributed by atoms with E-state index in [0.717, 1.165) is 22.2 Å². The topological polar surface area (TPSA) is 66.5 Å². The number of amides is 3. The molecular weight excluding hydrogens is 419 g/mol. The summed E-state index contributed by atoms with van der Waals surface area (Å²) in [6, 6.07) is 13.1. The van der Waals surface area contributed by atoms with Gasteiger partial charge in [-0.05, 0) is 66.7 Å². The molecule has 1 aliphatic rings. The van der Waals surface area contributed by atoms with E-state index >= 15 is 0 Å². The molecule has 1 N–H and O–H groups in total. The van der Waals surface area contributed by atoms with Crippen molar-refractivity contribution in [1.82, 2.24) is 4.90 Å². The Balaban J connectivity index is 1.66. The second-order valence-corrected chi connectivity index (χ2v) is 8.08. The third-order valence-corrected chi connectivity index (χ3v) is 5.43. The maximum Gasteiger partial charge on any atom is 0.293 e. The smallest absolute Gasteiger partial charge is 0.293 e. The minimum atomic E-state index is -0.573. The molecule has 1 saturated heterocycles. The molecule has 2 aromatic rings. The third-order valence-electron chi connectivity index (χ3n) is 4.04. The van der Waals surface area contributed by atoms with E-state index < -0.39 is 17.2 Å². The van der Waals surface area contributed by atoms with E-state index in [0.29, 0.717) is 20.6 Å². The monoisotopic (exact) mass is 434 g/mol. The molecule has 0 aliphatic carbocycles. The van der Waals surface area contributed by atoms with Crippen LogP contribution < -0.4 is 5.32 Å². The number of nitrogens with one attached hydrogen (secondary N) is 1. The van der Waals surface area contributed by atoms with Crippen molar-refractivity contribution >= 4 is 63.8 Å². The molecule has 1 heterocycles. The lowest BCUT2D eigenvalue weighted by Gasteiger charge is -2.20. The molecule has 5 nitrogen and oxygen atoms in total. The van der Waals surface area contributed by atoms with Crippen LogP contribution in [0, 0.1) is 0 Å². The number of rotatable bonds is 5. The Labute approximate surface area is 176 Å². The number of thioether (sulfide) groups is 1. The molecule has 0 radical (unpaired) electrons. The summed E-state index contributed by atoms with van der Waals surface area (Å²) in [7, 11) is 0. The lowest BCUT2D eigenvalue weighted by atomic mass is 10.1. The van der Waals surface area contributed by atoms with Gasteiger partial charge in [-0.25, -0.2) is 0 Å². The summed E-state index contributed by atoms with van der Waals surface area (Å²) in [4.78, 5) is 38.7. The highest BCUT2D eigenvalue weighted by molar-refractivity contribution is 8.18. The van der Waals surface area contributed by atoms with Crippen LogP contribution >= 0.6 is 35.0 Å². The molecule has 0 spiro atoms. The maximum absolute atomic E-state index is 12.6. The Kier molecular flexibility index (Phi) is 6.44. The largest absolute Gasteiger partial charge is 0.326 e. The van der Waals surface area contributed by atoms with Crippen LogP contribution in [0.4, 0.5) is 10.5 Å². The number of nitrogens with zero attached hydrogens (tertiary/aromatic N) is 1. The van der Waals surface area contributed by atoms with Gasteiger partial charge in [0.1, 0.15) is 0 Å². The van der Waals surface area contributed by atoms with Crippen molar-refractivity contribution in [3.05, 3.63) is 69.0 Å². The van der Waals surface area contributed by atoms with Gasteiger partial charge in [-0.1, -0.05) is 35.3 Å². The van der Waals surface area contributed by atoms with Crippen LogP contribution in [0.5, 0.6) is 0 Å². The molecule has 1 aliphatic heterocycles. The Hall–Kier alpha value is -2.28. The minimum Gasteiger partial charge on any atom is -0.326 e. The van der Waals surface area contributed by atoms with Crippen molar-refractivity contribution < 1.29 is 14.4 Å². The summed E-state index contributed by atoms with van der Waals surface area (Å²) in [5.41, 5.74) is 1.36. The van der Waals surface area contributed by atoms with Crippen molar-refractivity contribution in [1.29, 1.82) is 0 Å². The highest BCUT2D eigenvalue weighted by Gasteiger charge is 2.38. The van der Waals surface area contributed by atoms with Gasteiger partial charge >= 0.3 is 0 Å². The molecule has 3 amide bonds. The van der Waals surface area contributed by atoms with Crippen molar-refractivity contribution in [2.75, 3.05) is 5.32 Å². The highest BCUT2D eigenvalue weighted by atomic mass is 35.5. The highest BCUT2D eigenvalue weighted by Crippen LogP contribution is 2.34. The number of benzene rings is 2. The lowest BCUT2D eigenvalue weighted by Crippen LogP contribution is -2.39. The minimum absolute atomic E-state index is 0.00507. The van der Waals surface area contributed by atoms with E-state index in [-0.39, 0.29) is 12.3 Å². The first-order valence-corrected chi connectivity index (χ1v) is 9.99. The first-order valence-electron chi connectivity index (χ1n) is 8.41. The van der Waals surface area contributed by atoms with Gasteiger partial charge in [0.2, 0.25) is 5.91 Å². The number of hydrogen-bond acceptors (Lipinski definition) is 4. The molecular formula is C20H16Cl2N2O3S. The summed E-state index contributed by atoms with van der Waals surface area (Å²) in [5.74, 6) is -0.702. The fraction of sp³-hybridized carbons (Fsp3) is 0.150. The molecule has 0 saturated carbocycles. The second-order valence-electron chi connectivity index (χ2n) is 6.21. The summed E-state index contributed by atoms with van der Waals surface area (Å²) < 4.78 is 0. The normalized spacial score (nSPS) is 16.5. The molecule has 1 fully saturated rings. The van der Waals surface area contributed by atoms with E-state index in [9.17, 15) is 14.4 Å². The summed E-state index contributed by atoms with van der Waals surface area (Å²) in [5, 5.41) is 3.49. The number of carbonyl (C=O) groups excluding carboxylic acids is 3. The molecule has 144 valence electrons. The standard InChI is InChI=1S/C20H16Cl2N2O3S/c1-12(10-18(25)23-16-8-6-15(22)7-9-16)24-19(26)17(28-20(24)27)11-13-2-4-14(21)5-3-13/h2-9,11-12H,10H2,1H3,(H,23,25)/b17-11-. The van der Waals surface area contributed by atoms with E-state index in [1.165, 1.54) is 0 Å². The number of carbonyl (C=O) groups is 3. The van der Waals surface area contributed by atoms with Gasteiger partial charge in [0.15, 0.2) is 0 Å². The van der Waals surface area contributed by atoms with E-state index in [1.807, 2.05) is 0 Å². The van der Waals surface area contributed by atoms with Crippen LogP contribution in [-0.4, -0.2) is 28.0 Å². The van der Waals surface area contributed by atoms with Crippen LogP contribution in [0.2, 0.25) is 10.0 Å². The molecule has 28 heavy (non-hydrogen) atoms. The Bertz CT molecular complexity index is 943. The molecule has 1 unspecified atom stereocenters. The number of hydrogen-bond donors (Lipinski definition) is 1. The summed E-state index contributed by atoms with van der Waals surface area (Å²) in [6.07, 6.45) is 1.64. The Morgan fingerprint density at radius 2 is 1.64 bits per heavy atom. The maximum atomic E-state index is 12.6. The molecule has 0 aromatic heterocycles. The van der Waals surface area contributed by atoms with Crippen molar-refractivity contribution in [2.24, 2.45) is 0 Å². The van der Waals surface area contributed by atoms with Gasteiger partial charge in [0.05, 0.1) is 4.91 Å². The summed E-state index contributed by atoms with van der Waals surface area (Å²) in [6.45, 7) is 1.67. The lowest BCUT2D eigenvalue weighted by molar-refractivity contribution is -0.125. The fourth-order valence-corrected chi connectivity index (χ4v) is 3.86. The predicted octanol–water partition coefficient (Wildman–Crippen LogP) is 5.45. The number of anilines is 1. The van der Waals surface area contributed by atoms with Crippen LogP contribution in [-0.2, 0) is 9.59 Å². The zero-order chi connectivity index (χ0) is 20.3. The SMILES string of the molecule is CC(CC(=O)Nc1ccc(Cl)cc1)N1C(=O)S/C(=C\c2ccc(Cl)cc2)C1=O. The van der Waals surface area contributed by atoms with Crippen molar-refractivity contribution in [3.63, 3.8) is 0 Å². The van der Waals surface area contributed by atoms with Crippen LogP contribution in [0.15, 0.2) is 53.4 Å². The summed E-state index contributed by atoms with van der Waals surface area (Å²) >= 11 is 12.5. The average molecular weight is 435 g/mol. The zero-order valence-electron chi connectivity index (χ0n) is 14.8.